The number of likely N-dealkylation sites (tertiary alicyclic amines) is 1. The molecule has 214 valence electrons. The van der Waals surface area contributed by atoms with Crippen LogP contribution in [0.25, 0.3) is 0 Å². The van der Waals surface area contributed by atoms with Crippen LogP contribution in [0, 0.1) is 0 Å². The number of para-hydroxylation sites is 1. The Bertz CT molecular complexity index is 1220. The quantitative estimate of drug-likeness (QED) is 0.538. The molecule has 1 fully saturated rings. The zero-order chi connectivity index (χ0) is 28.1. The number of hydrogen-bond donors (Lipinski definition) is 0. The minimum absolute atomic E-state index is 0.0000552. The molecule has 2 aromatic carbocycles. The highest BCUT2D eigenvalue weighted by molar-refractivity contribution is 6.01. The Morgan fingerprint density at radius 1 is 0.850 bits per heavy atom. The number of hydrogen-bond acceptors (Lipinski definition) is 5. The van der Waals surface area contributed by atoms with Gasteiger partial charge in [-0.3, -0.25) is 19.3 Å². The van der Waals surface area contributed by atoms with Gasteiger partial charge in [0.05, 0.1) is 5.69 Å². The minimum atomic E-state index is -0.118. The summed E-state index contributed by atoms with van der Waals surface area (Å²) < 4.78 is 5.53. The smallest absolute Gasteiger partial charge is 0.264 e. The van der Waals surface area contributed by atoms with Gasteiger partial charge < -0.3 is 19.4 Å². The van der Waals surface area contributed by atoms with E-state index in [1.807, 2.05) is 15.9 Å². The largest absolute Gasteiger partial charge is 0.482 e. The van der Waals surface area contributed by atoms with Crippen molar-refractivity contribution in [2.75, 3.05) is 49.6 Å². The molecule has 3 aliphatic heterocycles. The third-order valence-corrected chi connectivity index (χ3v) is 8.67. The summed E-state index contributed by atoms with van der Waals surface area (Å²) in [5.74, 6) is 0.615. The summed E-state index contributed by atoms with van der Waals surface area (Å²) in [6, 6.07) is 14.1. The van der Waals surface area contributed by atoms with Crippen LogP contribution in [0.1, 0.15) is 74.2 Å². The molecule has 0 atom stereocenters. The Morgan fingerprint density at radius 2 is 1.55 bits per heavy atom. The predicted molar refractivity (Wildman–Crippen MR) is 157 cm³/mol. The summed E-state index contributed by atoms with van der Waals surface area (Å²) in [4.78, 5) is 46.2. The Morgan fingerprint density at radius 3 is 2.30 bits per heavy atom. The molecule has 0 aliphatic carbocycles. The molecule has 0 radical (unpaired) electrons. The number of likely N-dealkylation sites (N-methyl/N-ethyl adjacent to an activating group) is 1. The van der Waals surface area contributed by atoms with Gasteiger partial charge in [-0.15, -0.1) is 0 Å². The predicted octanol–water partition coefficient (Wildman–Crippen LogP) is 4.86. The average Bonchev–Trinajstić information content (AvgIpc) is 2.99. The highest BCUT2D eigenvalue weighted by Crippen LogP contribution is 2.33. The lowest BCUT2D eigenvalue weighted by molar-refractivity contribution is -0.121. The number of ether oxygens (including phenoxy) is 1. The van der Waals surface area contributed by atoms with E-state index in [1.54, 1.807) is 37.1 Å². The number of carbonyl (C=O) groups excluding carboxylic acids is 3. The van der Waals surface area contributed by atoms with Crippen LogP contribution in [0.5, 0.6) is 5.75 Å². The van der Waals surface area contributed by atoms with Crippen LogP contribution in [-0.2, 0) is 16.1 Å². The van der Waals surface area contributed by atoms with Gasteiger partial charge in [-0.05, 0) is 62.1 Å². The molecular weight excluding hydrogens is 504 g/mol. The minimum Gasteiger partial charge on any atom is -0.482 e. The summed E-state index contributed by atoms with van der Waals surface area (Å²) >= 11 is 0. The number of piperidine rings is 1. The van der Waals surface area contributed by atoms with E-state index in [1.165, 1.54) is 31.2 Å². The van der Waals surface area contributed by atoms with Crippen molar-refractivity contribution in [3.05, 3.63) is 53.6 Å². The summed E-state index contributed by atoms with van der Waals surface area (Å²) in [6.07, 6.45) is 8.87. The number of anilines is 2. The van der Waals surface area contributed by atoms with Gasteiger partial charge in [0.2, 0.25) is 5.91 Å². The zero-order valence-corrected chi connectivity index (χ0v) is 23.9. The van der Waals surface area contributed by atoms with Crippen LogP contribution in [-0.4, -0.2) is 73.4 Å². The van der Waals surface area contributed by atoms with Gasteiger partial charge in [-0.1, -0.05) is 43.9 Å². The van der Waals surface area contributed by atoms with Gasteiger partial charge in [0.25, 0.3) is 11.8 Å². The fourth-order valence-corrected chi connectivity index (χ4v) is 6.28. The third kappa shape index (κ3) is 6.33. The maximum atomic E-state index is 13.4. The Labute approximate surface area is 237 Å². The molecule has 0 saturated carbocycles. The molecule has 0 spiro atoms. The number of amides is 3. The molecule has 8 nitrogen and oxygen atoms in total. The second kappa shape index (κ2) is 12.9. The van der Waals surface area contributed by atoms with E-state index in [2.05, 4.69) is 23.1 Å². The summed E-state index contributed by atoms with van der Waals surface area (Å²) in [7, 11) is 1.72. The molecule has 3 heterocycles. The first kappa shape index (κ1) is 28.1. The molecule has 8 heteroatoms. The van der Waals surface area contributed by atoms with Crippen LogP contribution >= 0.6 is 0 Å². The Kier molecular flexibility index (Phi) is 9.04. The van der Waals surface area contributed by atoms with E-state index in [-0.39, 0.29) is 24.3 Å². The molecule has 3 aliphatic rings. The van der Waals surface area contributed by atoms with Crippen molar-refractivity contribution in [3.63, 3.8) is 0 Å². The van der Waals surface area contributed by atoms with E-state index in [0.717, 1.165) is 51.0 Å². The molecule has 0 unspecified atom stereocenters. The van der Waals surface area contributed by atoms with Crippen LogP contribution in [0.3, 0.4) is 0 Å². The van der Waals surface area contributed by atoms with Crippen LogP contribution in [0.2, 0.25) is 0 Å². The number of carbonyl (C=O) groups is 3. The van der Waals surface area contributed by atoms with Crippen molar-refractivity contribution in [2.45, 2.75) is 70.9 Å². The second-order valence-electron chi connectivity index (χ2n) is 11.3. The third-order valence-electron chi connectivity index (χ3n) is 8.67. The Hall–Kier alpha value is -3.39. The Balaban J connectivity index is 1.29. The summed E-state index contributed by atoms with van der Waals surface area (Å²) in [5, 5.41) is 0. The first-order valence-corrected chi connectivity index (χ1v) is 14.8. The maximum absolute atomic E-state index is 13.4. The molecule has 40 heavy (non-hydrogen) atoms. The SMILES string of the molecule is CC(=O)N1CCCCCCCCN(C2CCN(C(=O)c3ccc4c(c3)N(C)C(=O)CO4)CC2)Cc2ccccc21. The fourth-order valence-electron chi connectivity index (χ4n) is 6.28. The van der Waals surface area contributed by atoms with Gasteiger partial charge in [0, 0.05) is 57.4 Å². The highest BCUT2D eigenvalue weighted by Gasteiger charge is 2.30. The molecular formula is C32H42N4O4. The first-order chi connectivity index (χ1) is 19.4. The first-order valence-electron chi connectivity index (χ1n) is 14.8. The monoisotopic (exact) mass is 546 g/mol. The highest BCUT2D eigenvalue weighted by atomic mass is 16.5. The number of nitrogens with zero attached hydrogens (tertiary/aromatic N) is 4. The number of rotatable bonds is 2. The molecule has 2 aromatic rings. The van der Waals surface area contributed by atoms with E-state index < -0.39 is 0 Å². The van der Waals surface area contributed by atoms with Crippen molar-refractivity contribution >= 4 is 29.1 Å². The average molecular weight is 547 g/mol. The molecule has 0 aromatic heterocycles. The molecule has 5 rings (SSSR count). The van der Waals surface area contributed by atoms with Crippen LogP contribution in [0.15, 0.2) is 42.5 Å². The lowest BCUT2D eigenvalue weighted by atomic mass is 9.99. The second-order valence-corrected chi connectivity index (χ2v) is 11.3. The van der Waals surface area contributed by atoms with Gasteiger partial charge in [-0.2, -0.15) is 0 Å². The van der Waals surface area contributed by atoms with E-state index in [4.69, 9.17) is 4.74 Å². The lowest BCUT2D eigenvalue weighted by Crippen LogP contribution is -2.47. The van der Waals surface area contributed by atoms with Crippen molar-refractivity contribution in [2.24, 2.45) is 0 Å². The van der Waals surface area contributed by atoms with Crippen LogP contribution < -0.4 is 14.5 Å². The topological polar surface area (TPSA) is 73.4 Å². The van der Waals surface area contributed by atoms with Gasteiger partial charge in [0.1, 0.15) is 5.75 Å². The molecule has 0 bridgehead atoms. The van der Waals surface area contributed by atoms with Crippen molar-refractivity contribution in [3.8, 4) is 5.75 Å². The normalized spacial score (nSPS) is 19.9. The summed E-state index contributed by atoms with van der Waals surface area (Å²) in [5.41, 5.74) is 3.46. The molecule has 1 saturated heterocycles. The number of fused-ring (bicyclic) bond motifs is 2. The van der Waals surface area contributed by atoms with E-state index >= 15 is 0 Å². The fraction of sp³-hybridized carbons (Fsp3) is 0.531. The lowest BCUT2D eigenvalue weighted by Gasteiger charge is -2.39. The van der Waals surface area contributed by atoms with Crippen molar-refractivity contribution in [1.82, 2.24) is 9.80 Å². The maximum Gasteiger partial charge on any atom is 0.264 e. The summed E-state index contributed by atoms with van der Waals surface area (Å²) in [6.45, 7) is 5.70. The van der Waals surface area contributed by atoms with Crippen molar-refractivity contribution in [1.29, 1.82) is 0 Å². The van der Waals surface area contributed by atoms with E-state index in [9.17, 15) is 14.4 Å². The number of benzene rings is 2. The van der Waals surface area contributed by atoms with Gasteiger partial charge >= 0.3 is 0 Å². The van der Waals surface area contributed by atoms with Crippen LogP contribution in [0.4, 0.5) is 11.4 Å². The van der Waals surface area contributed by atoms with Gasteiger partial charge in [0.15, 0.2) is 6.61 Å². The van der Waals surface area contributed by atoms with E-state index in [0.29, 0.717) is 36.1 Å². The molecule has 0 N–H and O–H groups in total. The van der Waals surface area contributed by atoms with Gasteiger partial charge in [-0.25, -0.2) is 0 Å². The standard InChI is InChI=1S/C32H42N4O4/c1-24(37)36-18-10-6-4-3-5-9-17-35(22-26-11-7-8-12-28(26)36)27-15-19-34(20-16-27)32(39)25-13-14-30-29(21-25)33(2)31(38)23-40-30/h7-8,11-14,21,27H,3-6,9-10,15-20,22-23H2,1-2H3. The molecule has 3 amide bonds. The zero-order valence-electron chi connectivity index (χ0n) is 23.9. The van der Waals surface area contributed by atoms with Crippen molar-refractivity contribution < 1.29 is 19.1 Å².